The standard InChI is InChI=1S/C18H18ClN3O/c1-4-15-17(22-8-7-11(2)9-16(22)21-15)18(23)20-13-6-5-12(3)14(19)10-13/h5-10H,4H2,1-3H3,(H,20,23). The number of carbonyl (C=O) groups excluding carboxylic acids is 1. The fourth-order valence-corrected chi connectivity index (χ4v) is 2.72. The lowest BCUT2D eigenvalue weighted by atomic mass is 10.2. The van der Waals surface area contributed by atoms with Crippen molar-refractivity contribution in [1.82, 2.24) is 9.38 Å². The van der Waals surface area contributed by atoms with Gasteiger partial charge in [0.1, 0.15) is 11.3 Å². The van der Waals surface area contributed by atoms with Crippen LogP contribution in [-0.2, 0) is 6.42 Å². The molecule has 2 aromatic heterocycles. The van der Waals surface area contributed by atoms with Crippen LogP contribution >= 0.6 is 11.6 Å². The van der Waals surface area contributed by atoms with Crippen LogP contribution in [-0.4, -0.2) is 15.3 Å². The number of imidazole rings is 1. The zero-order valence-corrected chi connectivity index (χ0v) is 14.1. The Morgan fingerprint density at radius 3 is 2.74 bits per heavy atom. The quantitative estimate of drug-likeness (QED) is 0.774. The van der Waals surface area contributed by atoms with Gasteiger partial charge in [-0.05, 0) is 55.7 Å². The van der Waals surface area contributed by atoms with E-state index in [9.17, 15) is 4.79 Å². The van der Waals surface area contributed by atoms with Gasteiger partial charge in [-0.1, -0.05) is 24.6 Å². The Morgan fingerprint density at radius 2 is 2.04 bits per heavy atom. The van der Waals surface area contributed by atoms with Crippen LogP contribution < -0.4 is 5.32 Å². The lowest BCUT2D eigenvalue weighted by Crippen LogP contribution is -2.16. The third-order valence-corrected chi connectivity index (χ3v) is 4.24. The van der Waals surface area contributed by atoms with E-state index in [1.54, 1.807) is 6.07 Å². The van der Waals surface area contributed by atoms with Crippen molar-refractivity contribution in [3.05, 3.63) is 64.1 Å². The average Bonchev–Trinajstić information content (AvgIpc) is 2.88. The number of pyridine rings is 1. The summed E-state index contributed by atoms with van der Waals surface area (Å²) in [6.45, 7) is 5.93. The molecule has 4 nitrogen and oxygen atoms in total. The van der Waals surface area contributed by atoms with Crippen LogP contribution in [0.3, 0.4) is 0 Å². The van der Waals surface area contributed by atoms with E-state index in [-0.39, 0.29) is 5.91 Å². The third-order valence-electron chi connectivity index (χ3n) is 3.83. The summed E-state index contributed by atoms with van der Waals surface area (Å²) in [6.07, 6.45) is 2.58. The van der Waals surface area contributed by atoms with Crippen LogP contribution in [0.5, 0.6) is 0 Å². The Kier molecular flexibility index (Phi) is 4.09. The summed E-state index contributed by atoms with van der Waals surface area (Å²) in [7, 11) is 0. The van der Waals surface area contributed by atoms with Crippen molar-refractivity contribution in [3.63, 3.8) is 0 Å². The molecular weight excluding hydrogens is 310 g/mol. The van der Waals surface area contributed by atoms with E-state index < -0.39 is 0 Å². The van der Waals surface area contributed by atoms with Gasteiger partial charge in [0, 0.05) is 16.9 Å². The van der Waals surface area contributed by atoms with Crippen molar-refractivity contribution in [1.29, 1.82) is 0 Å². The van der Waals surface area contributed by atoms with E-state index in [0.717, 1.165) is 22.5 Å². The van der Waals surface area contributed by atoms with Gasteiger partial charge in [0.15, 0.2) is 0 Å². The summed E-state index contributed by atoms with van der Waals surface area (Å²) in [5.41, 5.74) is 4.90. The lowest BCUT2D eigenvalue weighted by molar-refractivity contribution is 0.102. The van der Waals surface area contributed by atoms with E-state index in [0.29, 0.717) is 22.8 Å². The lowest BCUT2D eigenvalue weighted by Gasteiger charge is -2.08. The fourth-order valence-electron chi connectivity index (χ4n) is 2.54. The minimum absolute atomic E-state index is 0.182. The number of benzene rings is 1. The van der Waals surface area contributed by atoms with Gasteiger partial charge in [-0.15, -0.1) is 0 Å². The zero-order chi connectivity index (χ0) is 16.6. The number of hydrogen-bond acceptors (Lipinski definition) is 2. The van der Waals surface area contributed by atoms with Gasteiger partial charge in [-0.2, -0.15) is 0 Å². The number of aromatic nitrogens is 2. The van der Waals surface area contributed by atoms with Crippen molar-refractivity contribution >= 4 is 28.8 Å². The highest BCUT2D eigenvalue weighted by Gasteiger charge is 2.18. The number of nitrogens with one attached hydrogen (secondary N) is 1. The van der Waals surface area contributed by atoms with Crippen LogP contribution in [0.1, 0.15) is 34.2 Å². The number of aryl methyl sites for hydroxylation is 3. The average molecular weight is 328 g/mol. The van der Waals surface area contributed by atoms with Gasteiger partial charge in [-0.3, -0.25) is 9.20 Å². The molecule has 0 saturated heterocycles. The Bertz CT molecular complexity index is 899. The first-order chi connectivity index (χ1) is 11.0. The van der Waals surface area contributed by atoms with Crippen LogP contribution in [0, 0.1) is 13.8 Å². The smallest absolute Gasteiger partial charge is 0.274 e. The molecule has 5 heteroatoms. The molecule has 0 unspecified atom stereocenters. The second-order valence-corrected chi connectivity index (χ2v) is 6.02. The fraction of sp³-hybridized carbons (Fsp3) is 0.222. The van der Waals surface area contributed by atoms with Gasteiger partial charge in [0.05, 0.1) is 5.69 Å². The molecule has 0 atom stereocenters. The van der Waals surface area contributed by atoms with E-state index in [1.165, 1.54) is 0 Å². The van der Waals surface area contributed by atoms with Gasteiger partial charge < -0.3 is 5.32 Å². The summed E-state index contributed by atoms with van der Waals surface area (Å²) in [5, 5.41) is 3.54. The van der Waals surface area contributed by atoms with Gasteiger partial charge in [-0.25, -0.2) is 4.98 Å². The Labute approximate surface area is 140 Å². The molecule has 0 aliphatic heterocycles. The highest BCUT2D eigenvalue weighted by atomic mass is 35.5. The number of fused-ring (bicyclic) bond motifs is 1. The molecular formula is C18H18ClN3O. The summed E-state index contributed by atoms with van der Waals surface area (Å²) in [6, 6.07) is 9.43. The van der Waals surface area contributed by atoms with Crippen molar-refractivity contribution in [2.24, 2.45) is 0 Å². The first kappa shape index (κ1) is 15.6. The van der Waals surface area contributed by atoms with Gasteiger partial charge in [0.2, 0.25) is 0 Å². The topological polar surface area (TPSA) is 46.4 Å². The third kappa shape index (κ3) is 2.94. The van der Waals surface area contributed by atoms with Crippen LogP contribution in [0.25, 0.3) is 5.65 Å². The zero-order valence-electron chi connectivity index (χ0n) is 13.4. The van der Waals surface area contributed by atoms with Crippen molar-refractivity contribution in [2.45, 2.75) is 27.2 Å². The highest BCUT2D eigenvalue weighted by Crippen LogP contribution is 2.22. The minimum Gasteiger partial charge on any atom is -0.321 e. The first-order valence-corrected chi connectivity index (χ1v) is 7.92. The normalized spacial score (nSPS) is 11.0. The van der Waals surface area contributed by atoms with E-state index in [2.05, 4.69) is 10.3 Å². The highest BCUT2D eigenvalue weighted by molar-refractivity contribution is 6.31. The molecule has 0 aliphatic rings. The van der Waals surface area contributed by atoms with Gasteiger partial charge >= 0.3 is 0 Å². The molecule has 2 heterocycles. The molecule has 0 fully saturated rings. The predicted molar refractivity (Wildman–Crippen MR) is 93.4 cm³/mol. The summed E-state index contributed by atoms with van der Waals surface area (Å²) < 4.78 is 1.83. The molecule has 0 radical (unpaired) electrons. The largest absolute Gasteiger partial charge is 0.321 e. The molecule has 1 N–H and O–H groups in total. The molecule has 0 spiro atoms. The molecule has 1 amide bonds. The van der Waals surface area contributed by atoms with Crippen LogP contribution in [0.4, 0.5) is 5.69 Å². The molecule has 0 saturated carbocycles. The second kappa shape index (κ2) is 6.05. The number of hydrogen-bond donors (Lipinski definition) is 1. The van der Waals surface area contributed by atoms with Crippen molar-refractivity contribution in [3.8, 4) is 0 Å². The van der Waals surface area contributed by atoms with E-state index in [1.807, 2.05) is 55.6 Å². The Morgan fingerprint density at radius 1 is 1.26 bits per heavy atom. The summed E-state index contributed by atoms with van der Waals surface area (Å²) in [5.74, 6) is -0.182. The number of anilines is 1. The Hall–Kier alpha value is -2.33. The molecule has 118 valence electrons. The first-order valence-electron chi connectivity index (χ1n) is 7.54. The van der Waals surface area contributed by atoms with E-state index in [4.69, 9.17) is 11.6 Å². The summed E-state index contributed by atoms with van der Waals surface area (Å²) >= 11 is 6.12. The van der Waals surface area contributed by atoms with E-state index >= 15 is 0 Å². The molecule has 0 bridgehead atoms. The predicted octanol–water partition coefficient (Wildman–Crippen LogP) is 4.42. The second-order valence-electron chi connectivity index (χ2n) is 5.61. The monoisotopic (exact) mass is 327 g/mol. The molecule has 23 heavy (non-hydrogen) atoms. The maximum atomic E-state index is 12.7. The maximum Gasteiger partial charge on any atom is 0.274 e. The van der Waals surface area contributed by atoms with Crippen molar-refractivity contribution in [2.75, 3.05) is 5.32 Å². The van der Waals surface area contributed by atoms with Crippen LogP contribution in [0.2, 0.25) is 5.02 Å². The number of rotatable bonds is 3. The minimum atomic E-state index is -0.182. The number of nitrogens with zero attached hydrogens (tertiary/aromatic N) is 2. The van der Waals surface area contributed by atoms with Gasteiger partial charge in [0.25, 0.3) is 5.91 Å². The molecule has 0 aliphatic carbocycles. The maximum absolute atomic E-state index is 12.7. The SMILES string of the molecule is CCc1nc2cc(C)ccn2c1C(=O)Nc1ccc(C)c(Cl)c1. The van der Waals surface area contributed by atoms with Crippen LogP contribution in [0.15, 0.2) is 36.5 Å². The number of carbonyl (C=O) groups is 1. The Balaban J connectivity index is 2.01. The summed E-state index contributed by atoms with van der Waals surface area (Å²) in [4.78, 5) is 17.3. The van der Waals surface area contributed by atoms with Crippen molar-refractivity contribution < 1.29 is 4.79 Å². The number of amides is 1. The number of halogens is 1. The molecule has 1 aromatic carbocycles. The molecule has 3 rings (SSSR count). The molecule has 3 aromatic rings.